The first-order valence-electron chi connectivity index (χ1n) is 4.22. The van der Waals surface area contributed by atoms with Gasteiger partial charge in [-0.25, -0.2) is 4.39 Å². The molecule has 4 heteroatoms. The summed E-state index contributed by atoms with van der Waals surface area (Å²) in [4.78, 5) is 10.3. The Bertz CT molecular complexity index is 325. The zero-order valence-corrected chi connectivity index (χ0v) is 7.74. The van der Waals surface area contributed by atoms with E-state index in [1.807, 2.05) is 0 Å². The second-order valence-corrected chi connectivity index (χ2v) is 2.98. The van der Waals surface area contributed by atoms with Gasteiger partial charge in [0.1, 0.15) is 17.7 Å². The predicted octanol–water partition coefficient (Wildman–Crippen LogP) is 2.07. The van der Waals surface area contributed by atoms with Gasteiger partial charge in [0, 0.05) is 6.07 Å². The predicted molar refractivity (Wildman–Crippen MR) is 48.7 cm³/mol. The quantitative estimate of drug-likeness (QED) is 0.805. The molecule has 0 bridgehead atoms. The first kappa shape index (κ1) is 10.5. The van der Waals surface area contributed by atoms with Crippen molar-refractivity contribution in [3.63, 3.8) is 0 Å². The van der Waals surface area contributed by atoms with Crippen LogP contribution in [0.15, 0.2) is 24.3 Å². The van der Waals surface area contributed by atoms with Crippen molar-refractivity contribution >= 4 is 5.97 Å². The van der Waals surface area contributed by atoms with Crippen molar-refractivity contribution in [1.29, 1.82) is 0 Å². The molecule has 76 valence electrons. The highest BCUT2D eigenvalue weighted by Gasteiger charge is 2.08. The van der Waals surface area contributed by atoms with Crippen molar-refractivity contribution in [2.45, 2.75) is 19.4 Å². The van der Waals surface area contributed by atoms with Gasteiger partial charge in [-0.3, -0.25) is 4.79 Å². The molecule has 1 N–H and O–H groups in total. The molecule has 1 rings (SSSR count). The lowest BCUT2D eigenvalue weighted by Gasteiger charge is -2.12. The average Bonchev–Trinajstić information content (AvgIpc) is 2.01. The Balaban J connectivity index is 2.55. The second-order valence-electron chi connectivity index (χ2n) is 2.98. The summed E-state index contributed by atoms with van der Waals surface area (Å²) < 4.78 is 17.9. The molecule has 0 heterocycles. The van der Waals surface area contributed by atoms with Gasteiger partial charge in [0.2, 0.25) is 0 Å². The van der Waals surface area contributed by atoms with Crippen LogP contribution >= 0.6 is 0 Å². The van der Waals surface area contributed by atoms with Crippen molar-refractivity contribution in [1.82, 2.24) is 0 Å². The fourth-order valence-electron chi connectivity index (χ4n) is 1.06. The lowest BCUT2D eigenvalue weighted by atomic mass is 10.3. The fraction of sp³-hybridized carbons (Fsp3) is 0.300. The topological polar surface area (TPSA) is 46.5 Å². The first-order valence-corrected chi connectivity index (χ1v) is 4.22. The molecule has 0 unspecified atom stereocenters. The van der Waals surface area contributed by atoms with Crippen LogP contribution in [0.4, 0.5) is 4.39 Å². The molecule has 0 aromatic heterocycles. The van der Waals surface area contributed by atoms with E-state index in [1.165, 1.54) is 18.2 Å². The summed E-state index contributed by atoms with van der Waals surface area (Å²) in [6.07, 6.45) is -0.564. The zero-order valence-electron chi connectivity index (χ0n) is 7.74. The van der Waals surface area contributed by atoms with Crippen LogP contribution in [-0.4, -0.2) is 17.2 Å². The third-order valence-corrected chi connectivity index (χ3v) is 1.60. The van der Waals surface area contributed by atoms with E-state index >= 15 is 0 Å². The van der Waals surface area contributed by atoms with Crippen molar-refractivity contribution in [3.05, 3.63) is 30.1 Å². The largest absolute Gasteiger partial charge is 0.490 e. The van der Waals surface area contributed by atoms with E-state index in [-0.39, 0.29) is 6.42 Å². The van der Waals surface area contributed by atoms with Gasteiger partial charge in [-0.15, -0.1) is 0 Å². The summed E-state index contributed by atoms with van der Waals surface area (Å²) in [6.45, 7) is 1.62. The molecule has 0 fully saturated rings. The number of carboxylic acid groups (broad SMARTS) is 1. The van der Waals surface area contributed by atoms with Gasteiger partial charge in [-0.05, 0) is 19.1 Å². The summed E-state index contributed by atoms with van der Waals surface area (Å²) >= 11 is 0. The third kappa shape index (κ3) is 3.43. The van der Waals surface area contributed by atoms with Crippen molar-refractivity contribution in [2.24, 2.45) is 0 Å². The smallest absolute Gasteiger partial charge is 0.307 e. The van der Waals surface area contributed by atoms with Crippen LogP contribution in [0.2, 0.25) is 0 Å². The molecule has 1 aromatic carbocycles. The number of ether oxygens (including phenoxy) is 1. The van der Waals surface area contributed by atoms with Crippen LogP contribution in [0.5, 0.6) is 5.75 Å². The second kappa shape index (κ2) is 4.60. The Hall–Kier alpha value is -1.58. The molecule has 0 saturated heterocycles. The molecule has 14 heavy (non-hydrogen) atoms. The van der Waals surface area contributed by atoms with Gasteiger partial charge < -0.3 is 9.84 Å². The summed E-state index contributed by atoms with van der Waals surface area (Å²) in [7, 11) is 0. The summed E-state index contributed by atoms with van der Waals surface area (Å²) in [5.74, 6) is -0.988. The molecular formula is C10H11FO3. The van der Waals surface area contributed by atoms with Crippen molar-refractivity contribution < 1.29 is 19.0 Å². The van der Waals surface area contributed by atoms with Crippen LogP contribution in [0.3, 0.4) is 0 Å². The van der Waals surface area contributed by atoms with Crippen LogP contribution in [-0.2, 0) is 4.79 Å². The zero-order chi connectivity index (χ0) is 10.6. The minimum absolute atomic E-state index is 0.101. The monoisotopic (exact) mass is 198 g/mol. The highest BCUT2D eigenvalue weighted by molar-refractivity contribution is 5.67. The van der Waals surface area contributed by atoms with Gasteiger partial charge in [-0.2, -0.15) is 0 Å². The molecule has 0 aliphatic rings. The number of benzene rings is 1. The average molecular weight is 198 g/mol. The van der Waals surface area contributed by atoms with Crippen LogP contribution in [0.1, 0.15) is 13.3 Å². The molecule has 1 atom stereocenters. The minimum atomic E-state index is -0.936. The van der Waals surface area contributed by atoms with Gasteiger partial charge in [0.15, 0.2) is 0 Å². The summed E-state index contributed by atoms with van der Waals surface area (Å²) in [6, 6.07) is 5.62. The van der Waals surface area contributed by atoms with E-state index < -0.39 is 17.9 Å². The lowest BCUT2D eigenvalue weighted by Crippen LogP contribution is -2.16. The fourth-order valence-corrected chi connectivity index (χ4v) is 1.06. The number of hydrogen-bond acceptors (Lipinski definition) is 2. The normalized spacial score (nSPS) is 12.1. The third-order valence-electron chi connectivity index (χ3n) is 1.60. The van der Waals surface area contributed by atoms with Gasteiger partial charge >= 0.3 is 5.97 Å². The molecule has 0 saturated carbocycles. The van der Waals surface area contributed by atoms with E-state index in [0.717, 1.165) is 0 Å². The Morgan fingerprint density at radius 3 is 2.93 bits per heavy atom. The van der Waals surface area contributed by atoms with E-state index in [2.05, 4.69) is 0 Å². The van der Waals surface area contributed by atoms with Crippen molar-refractivity contribution in [2.75, 3.05) is 0 Å². The first-order chi connectivity index (χ1) is 6.58. The van der Waals surface area contributed by atoms with Crippen LogP contribution in [0.25, 0.3) is 0 Å². The maximum atomic E-state index is 12.7. The standard InChI is InChI=1S/C10H11FO3/c1-7(5-10(12)13)14-9-4-2-3-8(11)6-9/h2-4,6-7H,5H2,1H3,(H,12,13)/t7-/m1/s1. The molecule has 0 aliphatic carbocycles. The maximum Gasteiger partial charge on any atom is 0.307 e. The Morgan fingerprint density at radius 2 is 2.36 bits per heavy atom. The highest BCUT2D eigenvalue weighted by Crippen LogP contribution is 2.14. The van der Waals surface area contributed by atoms with E-state index in [4.69, 9.17) is 9.84 Å². The maximum absolute atomic E-state index is 12.7. The molecule has 0 spiro atoms. The SMILES string of the molecule is C[C@H](CC(=O)O)Oc1cccc(F)c1. The van der Waals surface area contributed by atoms with Crippen molar-refractivity contribution in [3.8, 4) is 5.75 Å². The van der Waals surface area contributed by atoms with E-state index in [0.29, 0.717) is 5.75 Å². The number of carbonyl (C=O) groups is 1. The summed E-state index contributed by atoms with van der Waals surface area (Å²) in [5.41, 5.74) is 0. The molecule has 1 aromatic rings. The van der Waals surface area contributed by atoms with Crippen LogP contribution < -0.4 is 4.74 Å². The summed E-state index contributed by atoms with van der Waals surface area (Å²) in [5, 5.41) is 8.46. The number of carboxylic acids is 1. The van der Waals surface area contributed by atoms with E-state index in [1.54, 1.807) is 13.0 Å². The number of halogens is 1. The van der Waals surface area contributed by atoms with Gasteiger partial charge in [-0.1, -0.05) is 6.07 Å². The molecule has 0 radical (unpaired) electrons. The molecule has 0 aliphatic heterocycles. The Morgan fingerprint density at radius 1 is 1.64 bits per heavy atom. The minimum Gasteiger partial charge on any atom is -0.490 e. The molecule has 0 amide bonds. The molecule has 3 nitrogen and oxygen atoms in total. The Kier molecular flexibility index (Phi) is 3.45. The van der Waals surface area contributed by atoms with Gasteiger partial charge in [0.05, 0.1) is 6.42 Å². The van der Waals surface area contributed by atoms with Crippen LogP contribution in [0, 0.1) is 5.82 Å². The van der Waals surface area contributed by atoms with E-state index in [9.17, 15) is 9.18 Å². The van der Waals surface area contributed by atoms with Gasteiger partial charge in [0.25, 0.3) is 0 Å². The number of aliphatic carboxylic acids is 1. The molecular weight excluding hydrogens is 187 g/mol. The number of rotatable bonds is 4. The Labute approximate surface area is 81.1 Å². The highest BCUT2D eigenvalue weighted by atomic mass is 19.1. The number of hydrogen-bond donors (Lipinski definition) is 1. The lowest BCUT2D eigenvalue weighted by molar-refractivity contribution is -0.138.